The molecule has 8 aromatic carbocycles. The molecule has 0 aliphatic carbocycles. The summed E-state index contributed by atoms with van der Waals surface area (Å²) in [6.07, 6.45) is 0. The van der Waals surface area contributed by atoms with Gasteiger partial charge in [0.1, 0.15) is 0 Å². The first-order valence-electron chi connectivity index (χ1n) is 20.9. The fourth-order valence-electron chi connectivity index (χ4n) is 8.68. The second-order valence-corrected chi connectivity index (χ2v) is 15.5. The number of hydrogen-bond donors (Lipinski definition) is 0. The largest absolute Gasteiger partial charge is 0.307 e. The number of nitriles is 1. The third-order valence-corrected chi connectivity index (χ3v) is 11.7. The van der Waals surface area contributed by atoms with E-state index in [9.17, 15) is 5.26 Å². The Balaban J connectivity index is 1.09. The minimum absolute atomic E-state index is 0.527. The molecule has 0 atom stereocenters. The first kappa shape index (κ1) is 36.7. The number of nitrogens with zero attached hydrogens (tertiary/aromatic N) is 9. The van der Waals surface area contributed by atoms with E-state index in [4.69, 9.17) is 29.9 Å². The number of rotatable bonds is 7. The smallest absolute Gasteiger partial charge is 0.238 e. The van der Waals surface area contributed by atoms with Crippen LogP contribution < -0.4 is 0 Å². The third kappa shape index (κ3) is 6.17. The monoisotopic (exact) mass is 819 g/mol. The minimum Gasteiger partial charge on any atom is -0.307 e. The van der Waals surface area contributed by atoms with Crippen LogP contribution in [0.2, 0.25) is 0 Å². The fourth-order valence-corrected chi connectivity index (χ4v) is 8.68. The molecule has 0 saturated carbocycles. The highest BCUT2D eigenvalue weighted by Crippen LogP contribution is 2.42. The molecular formula is C55H33N9. The van der Waals surface area contributed by atoms with E-state index in [2.05, 4.69) is 100 Å². The predicted octanol–water partition coefficient (Wildman–Crippen LogP) is 12.5. The van der Waals surface area contributed by atoms with Gasteiger partial charge in [-0.1, -0.05) is 140 Å². The summed E-state index contributed by atoms with van der Waals surface area (Å²) in [5.41, 5.74) is 9.93. The summed E-state index contributed by atoms with van der Waals surface area (Å²) in [5, 5.41) is 13.9. The van der Waals surface area contributed by atoms with Gasteiger partial charge in [0.05, 0.1) is 33.7 Å². The third-order valence-electron chi connectivity index (χ3n) is 11.7. The van der Waals surface area contributed by atoms with Crippen LogP contribution >= 0.6 is 0 Å². The molecule has 0 bridgehead atoms. The van der Waals surface area contributed by atoms with Gasteiger partial charge in [-0.25, -0.2) is 19.9 Å². The molecule has 0 N–H and O–H groups in total. The second kappa shape index (κ2) is 15.1. The van der Waals surface area contributed by atoms with Crippen LogP contribution in [-0.2, 0) is 0 Å². The molecule has 12 rings (SSSR count). The van der Waals surface area contributed by atoms with Gasteiger partial charge in [0, 0.05) is 55.0 Å². The van der Waals surface area contributed by atoms with Crippen LogP contribution in [0.25, 0.3) is 112 Å². The van der Waals surface area contributed by atoms with Crippen molar-refractivity contribution in [2.75, 3.05) is 0 Å². The van der Waals surface area contributed by atoms with E-state index in [1.165, 1.54) is 0 Å². The lowest BCUT2D eigenvalue weighted by Gasteiger charge is -2.14. The fraction of sp³-hybridized carbons (Fsp3) is 0. The Kier molecular flexibility index (Phi) is 8.66. The van der Waals surface area contributed by atoms with E-state index in [1.807, 2.05) is 103 Å². The van der Waals surface area contributed by atoms with E-state index in [1.54, 1.807) is 12.1 Å². The Morgan fingerprint density at radius 1 is 0.312 bits per heavy atom. The SMILES string of the molecule is N#Cc1ccc(-c2nc(-c3ccccc3)nc(-c3ccc(-n4c5ccccc5c5ccc6c7ccccc7n(-c7nc(-c8ccccc8)nc(-c8ccccc8)n7)c6c54)cc3)n2)cc1. The first-order chi connectivity index (χ1) is 31.7. The molecule has 0 aliphatic heterocycles. The van der Waals surface area contributed by atoms with Crippen molar-refractivity contribution in [3.63, 3.8) is 0 Å². The molecular weight excluding hydrogens is 787 g/mol. The van der Waals surface area contributed by atoms with Crippen molar-refractivity contribution in [3.05, 3.63) is 206 Å². The maximum absolute atomic E-state index is 9.44. The molecule has 0 radical (unpaired) electrons. The average Bonchev–Trinajstić information content (AvgIpc) is 3.90. The maximum Gasteiger partial charge on any atom is 0.238 e. The summed E-state index contributed by atoms with van der Waals surface area (Å²) in [5.74, 6) is 3.35. The highest BCUT2D eigenvalue weighted by atomic mass is 15.2. The molecule has 0 aliphatic rings. The van der Waals surface area contributed by atoms with Gasteiger partial charge < -0.3 is 4.57 Å². The quantitative estimate of drug-likeness (QED) is 0.157. The molecule has 0 amide bonds. The van der Waals surface area contributed by atoms with Crippen LogP contribution in [0.1, 0.15) is 5.56 Å². The van der Waals surface area contributed by atoms with Crippen molar-refractivity contribution in [2.45, 2.75) is 0 Å². The Bertz CT molecular complexity index is 3700. The standard InChI is InChI=1S/C55H33N9/c56-34-35-24-26-39(27-25-35)51-57-50(36-14-4-1-5-15-36)58-52(59-51)40-28-30-41(31-29-40)63-46-22-12-10-20-42(46)44-32-33-45-43-21-11-13-23-47(43)64(49(45)48(44)63)55-61-53(37-16-6-2-7-17-37)60-54(62-55)38-18-8-3-9-19-38/h1-33H. The molecule has 4 heterocycles. The van der Waals surface area contributed by atoms with Crippen molar-refractivity contribution >= 4 is 43.6 Å². The number of para-hydroxylation sites is 2. The number of aromatic nitrogens is 8. The van der Waals surface area contributed by atoms with Crippen molar-refractivity contribution in [1.29, 1.82) is 5.26 Å². The summed E-state index contributed by atoms with van der Waals surface area (Å²) in [6.45, 7) is 0. The summed E-state index contributed by atoms with van der Waals surface area (Å²) >= 11 is 0. The number of fused-ring (bicyclic) bond motifs is 7. The highest BCUT2D eigenvalue weighted by molar-refractivity contribution is 6.23. The molecule has 9 heteroatoms. The van der Waals surface area contributed by atoms with Gasteiger partial charge in [0.25, 0.3) is 0 Å². The van der Waals surface area contributed by atoms with Gasteiger partial charge in [0.15, 0.2) is 29.1 Å². The Morgan fingerprint density at radius 2 is 0.672 bits per heavy atom. The van der Waals surface area contributed by atoms with Gasteiger partial charge in [-0.15, -0.1) is 0 Å². The molecule has 0 saturated heterocycles. The number of benzene rings is 8. The normalized spacial score (nSPS) is 11.4. The van der Waals surface area contributed by atoms with Crippen LogP contribution in [0.3, 0.4) is 0 Å². The summed E-state index contributed by atoms with van der Waals surface area (Å²) in [4.78, 5) is 30.4. The zero-order valence-electron chi connectivity index (χ0n) is 34.1. The van der Waals surface area contributed by atoms with E-state index < -0.39 is 0 Å². The molecule has 0 fully saturated rings. The number of hydrogen-bond acceptors (Lipinski definition) is 7. The van der Waals surface area contributed by atoms with Gasteiger partial charge in [-0.3, -0.25) is 4.57 Å². The lowest BCUT2D eigenvalue weighted by Crippen LogP contribution is -2.07. The zero-order valence-corrected chi connectivity index (χ0v) is 34.1. The molecule has 64 heavy (non-hydrogen) atoms. The van der Waals surface area contributed by atoms with Crippen molar-refractivity contribution in [3.8, 4) is 74.6 Å². The Morgan fingerprint density at radius 3 is 1.12 bits per heavy atom. The predicted molar refractivity (Wildman–Crippen MR) is 254 cm³/mol. The van der Waals surface area contributed by atoms with E-state index >= 15 is 0 Å². The van der Waals surface area contributed by atoms with Gasteiger partial charge >= 0.3 is 0 Å². The van der Waals surface area contributed by atoms with Gasteiger partial charge in [-0.05, 0) is 60.7 Å². The molecule has 12 aromatic rings. The van der Waals surface area contributed by atoms with Crippen LogP contribution in [0, 0.1) is 11.3 Å². The summed E-state index contributed by atoms with van der Waals surface area (Å²) in [7, 11) is 0. The minimum atomic E-state index is 0.527. The average molecular weight is 820 g/mol. The topological polar surface area (TPSA) is 111 Å². The molecule has 0 spiro atoms. The molecule has 9 nitrogen and oxygen atoms in total. The van der Waals surface area contributed by atoms with Crippen molar-refractivity contribution in [2.24, 2.45) is 0 Å². The van der Waals surface area contributed by atoms with E-state index in [-0.39, 0.29) is 0 Å². The lowest BCUT2D eigenvalue weighted by atomic mass is 10.1. The lowest BCUT2D eigenvalue weighted by molar-refractivity contribution is 0.953. The molecule has 4 aromatic heterocycles. The summed E-state index contributed by atoms with van der Waals surface area (Å²) in [6, 6.07) is 69.5. The highest BCUT2D eigenvalue weighted by Gasteiger charge is 2.24. The maximum atomic E-state index is 9.44. The van der Waals surface area contributed by atoms with E-state index in [0.29, 0.717) is 40.6 Å². The van der Waals surface area contributed by atoms with Gasteiger partial charge in [0.2, 0.25) is 5.95 Å². The molecule has 298 valence electrons. The van der Waals surface area contributed by atoms with Gasteiger partial charge in [-0.2, -0.15) is 15.2 Å². The Hall–Kier alpha value is -9.13. The van der Waals surface area contributed by atoms with Crippen LogP contribution in [0.5, 0.6) is 0 Å². The van der Waals surface area contributed by atoms with Crippen molar-refractivity contribution < 1.29 is 0 Å². The van der Waals surface area contributed by atoms with Crippen LogP contribution in [-0.4, -0.2) is 39.0 Å². The summed E-state index contributed by atoms with van der Waals surface area (Å²) < 4.78 is 4.55. The molecule has 0 unspecified atom stereocenters. The van der Waals surface area contributed by atoms with Crippen molar-refractivity contribution in [1.82, 2.24) is 39.0 Å². The first-order valence-corrected chi connectivity index (χ1v) is 20.9. The Labute approximate surface area is 366 Å². The zero-order chi connectivity index (χ0) is 42.6. The van der Waals surface area contributed by atoms with Crippen LogP contribution in [0.15, 0.2) is 200 Å². The van der Waals surface area contributed by atoms with E-state index in [0.717, 1.165) is 77.1 Å². The van der Waals surface area contributed by atoms with Crippen LogP contribution in [0.4, 0.5) is 0 Å². The second-order valence-electron chi connectivity index (χ2n) is 15.5.